The van der Waals surface area contributed by atoms with Crippen molar-refractivity contribution in [2.45, 2.75) is 70.3 Å². The molecule has 1 fully saturated rings. The van der Waals surface area contributed by atoms with Gasteiger partial charge in [-0.2, -0.15) is 0 Å². The molecule has 2 N–H and O–H groups in total. The number of halogens is 1. The molecule has 1 aliphatic carbocycles. The van der Waals surface area contributed by atoms with Crippen LogP contribution in [0.5, 0.6) is 5.75 Å². The molecule has 1 saturated carbocycles. The number of fused-ring (bicyclic) bond motifs is 2. The van der Waals surface area contributed by atoms with Gasteiger partial charge in [0, 0.05) is 23.7 Å². The molecule has 228 valence electrons. The second-order valence-corrected chi connectivity index (χ2v) is 14.2. The number of nitrogens with zero attached hydrogens (tertiary/aromatic N) is 1. The Labute approximate surface area is 255 Å². The van der Waals surface area contributed by atoms with Gasteiger partial charge in [0.1, 0.15) is 12.4 Å². The van der Waals surface area contributed by atoms with E-state index in [0.717, 1.165) is 55.5 Å². The molecule has 2 aromatic carbocycles. The van der Waals surface area contributed by atoms with E-state index in [1.54, 1.807) is 37.3 Å². The van der Waals surface area contributed by atoms with Crippen molar-refractivity contribution in [1.29, 1.82) is 0 Å². The molecule has 2 aromatic rings. The lowest BCUT2D eigenvalue weighted by molar-refractivity contribution is 0.0465. The number of amides is 1. The third-order valence-corrected chi connectivity index (χ3v) is 11.1. The molecular formula is C33H43ClN2O5S. The summed E-state index contributed by atoms with van der Waals surface area (Å²) in [5, 5.41) is 10.4. The fourth-order valence-electron chi connectivity index (χ4n) is 5.85. The first-order chi connectivity index (χ1) is 20.0. The van der Waals surface area contributed by atoms with Gasteiger partial charge in [0.05, 0.1) is 17.0 Å². The first-order valence-corrected chi connectivity index (χ1v) is 16.7. The number of benzene rings is 2. The molecule has 1 amide bonds. The van der Waals surface area contributed by atoms with E-state index in [9.17, 15) is 18.3 Å². The van der Waals surface area contributed by atoms with Crippen molar-refractivity contribution in [3.63, 3.8) is 0 Å². The molecule has 0 bridgehead atoms. The molecular weight excluding hydrogens is 572 g/mol. The zero-order valence-corrected chi connectivity index (χ0v) is 26.2. The third kappa shape index (κ3) is 7.57. The maximum Gasteiger partial charge on any atom is 0.264 e. The molecule has 0 saturated heterocycles. The van der Waals surface area contributed by atoms with Gasteiger partial charge >= 0.3 is 0 Å². The van der Waals surface area contributed by atoms with Gasteiger partial charge in [0.15, 0.2) is 0 Å². The van der Waals surface area contributed by atoms with Gasteiger partial charge in [0.2, 0.25) is 10.0 Å². The number of carbonyl (C=O) groups is 1. The van der Waals surface area contributed by atoms with Crippen LogP contribution in [0, 0.1) is 17.8 Å². The highest BCUT2D eigenvalue weighted by Crippen LogP contribution is 2.40. The number of hydrogen-bond acceptors (Lipinski definition) is 6. The van der Waals surface area contributed by atoms with Crippen LogP contribution in [0.4, 0.5) is 5.69 Å². The molecule has 9 heteroatoms. The maximum atomic E-state index is 13.3. The molecule has 42 heavy (non-hydrogen) atoms. The summed E-state index contributed by atoms with van der Waals surface area (Å²) in [6, 6.07) is 10.9. The van der Waals surface area contributed by atoms with E-state index >= 15 is 0 Å². The largest absolute Gasteiger partial charge is 0.487 e. The Balaban J connectivity index is 1.66. The van der Waals surface area contributed by atoms with Gasteiger partial charge in [0.25, 0.3) is 5.91 Å². The average Bonchev–Trinajstić information content (AvgIpc) is 2.97. The Morgan fingerprint density at radius 2 is 1.95 bits per heavy atom. The minimum Gasteiger partial charge on any atom is -0.487 e. The van der Waals surface area contributed by atoms with Crippen LogP contribution in [0.3, 0.4) is 0 Å². The Bertz CT molecular complexity index is 1390. The summed E-state index contributed by atoms with van der Waals surface area (Å²) in [6.45, 7) is 12.6. The van der Waals surface area contributed by atoms with Crippen molar-refractivity contribution >= 4 is 33.2 Å². The van der Waals surface area contributed by atoms with E-state index in [4.69, 9.17) is 16.3 Å². The Kier molecular flexibility index (Phi) is 10.8. The van der Waals surface area contributed by atoms with Crippen LogP contribution in [0.1, 0.15) is 67.4 Å². The molecule has 1 aliphatic heterocycles. The van der Waals surface area contributed by atoms with E-state index in [1.807, 2.05) is 25.1 Å². The first kappa shape index (κ1) is 32.1. The number of anilines is 1. The molecule has 2 aliphatic rings. The smallest absolute Gasteiger partial charge is 0.264 e. The number of aliphatic hydroxyl groups excluding tert-OH is 1. The van der Waals surface area contributed by atoms with Crippen molar-refractivity contribution in [2.75, 3.05) is 18.0 Å². The third-order valence-electron chi connectivity index (χ3n) is 8.91. The standard InChI is InChI=1S/C33H43ClN2O5S/c1-5-9-22(3)23(4)42(39,40)35-33(38)25-13-16-32-30(19-25)36(20-26-12-15-29(26)31(37)6-2)17-8-7-10-24-18-28(34)14-11-27(24)21-41-32/h5-6,11,13-14,16,18-19,22-23,26,29,31,37H,1-2,7-10,12,15,17,20-21H2,3-4H3,(H,35,38)/t22-,23+,26-,29+,31?/m0/s1. The van der Waals surface area contributed by atoms with Crippen LogP contribution in [0.15, 0.2) is 61.7 Å². The summed E-state index contributed by atoms with van der Waals surface area (Å²) in [6.07, 6.45) is 7.90. The van der Waals surface area contributed by atoms with Gasteiger partial charge < -0.3 is 14.7 Å². The maximum absolute atomic E-state index is 13.3. The quantitative estimate of drug-likeness (QED) is 0.305. The molecule has 0 spiro atoms. The minimum absolute atomic E-state index is 0.132. The molecule has 5 atom stereocenters. The second kappa shape index (κ2) is 14.1. The van der Waals surface area contributed by atoms with Gasteiger partial charge in [-0.25, -0.2) is 13.1 Å². The summed E-state index contributed by atoms with van der Waals surface area (Å²) >= 11 is 6.29. The highest BCUT2D eigenvalue weighted by Gasteiger charge is 2.36. The lowest BCUT2D eigenvalue weighted by atomic mass is 9.70. The topological polar surface area (TPSA) is 95.9 Å². The van der Waals surface area contributed by atoms with Crippen molar-refractivity contribution < 1.29 is 23.1 Å². The van der Waals surface area contributed by atoms with Crippen LogP contribution in [0.2, 0.25) is 5.02 Å². The number of carbonyl (C=O) groups excluding carboxylic acids is 1. The lowest BCUT2D eigenvalue weighted by Gasteiger charge is -2.42. The summed E-state index contributed by atoms with van der Waals surface area (Å²) < 4.78 is 34.7. The van der Waals surface area contributed by atoms with E-state index in [2.05, 4.69) is 22.8 Å². The van der Waals surface area contributed by atoms with Crippen molar-refractivity contribution in [3.8, 4) is 5.75 Å². The van der Waals surface area contributed by atoms with Gasteiger partial charge in [-0.15, -0.1) is 13.2 Å². The number of ether oxygens (including phenoxy) is 1. The fourth-order valence-corrected chi connectivity index (χ4v) is 7.33. The van der Waals surface area contributed by atoms with Crippen molar-refractivity contribution in [1.82, 2.24) is 4.72 Å². The zero-order chi connectivity index (χ0) is 30.4. The predicted molar refractivity (Wildman–Crippen MR) is 170 cm³/mol. The Morgan fingerprint density at radius 1 is 1.17 bits per heavy atom. The van der Waals surface area contributed by atoms with E-state index in [-0.39, 0.29) is 23.3 Å². The molecule has 7 nitrogen and oxygen atoms in total. The monoisotopic (exact) mass is 614 g/mol. The Hall–Kier alpha value is -2.81. The Morgan fingerprint density at radius 3 is 2.64 bits per heavy atom. The number of aliphatic hydroxyl groups is 1. The number of aryl methyl sites for hydroxylation is 1. The molecule has 0 radical (unpaired) electrons. The van der Waals surface area contributed by atoms with Crippen LogP contribution >= 0.6 is 11.6 Å². The van der Waals surface area contributed by atoms with E-state index in [1.165, 1.54) is 0 Å². The van der Waals surface area contributed by atoms with E-state index < -0.39 is 27.3 Å². The molecule has 0 aromatic heterocycles. The number of hydrogen-bond donors (Lipinski definition) is 2. The summed E-state index contributed by atoms with van der Waals surface area (Å²) in [5.74, 6) is 0.144. The molecule has 1 heterocycles. The van der Waals surface area contributed by atoms with Crippen LogP contribution in [-0.4, -0.2) is 43.9 Å². The summed E-state index contributed by atoms with van der Waals surface area (Å²) in [5.41, 5.74) is 3.20. The first-order valence-electron chi connectivity index (χ1n) is 14.8. The van der Waals surface area contributed by atoms with Crippen molar-refractivity contribution in [3.05, 3.63) is 83.4 Å². The fraction of sp³-hybridized carbons (Fsp3) is 0.485. The molecule has 4 rings (SSSR count). The highest BCUT2D eigenvalue weighted by atomic mass is 35.5. The summed E-state index contributed by atoms with van der Waals surface area (Å²) in [4.78, 5) is 15.5. The predicted octanol–water partition coefficient (Wildman–Crippen LogP) is 6.30. The van der Waals surface area contributed by atoms with Crippen LogP contribution in [-0.2, 0) is 23.1 Å². The number of rotatable bonds is 10. The van der Waals surface area contributed by atoms with Crippen LogP contribution in [0.25, 0.3) is 0 Å². The highest BCUT2D eigenvalue weighted by molar-refractivity contribution is 7.90. The number of sulfonamides is 1. The van der Waals surface area contributed by atoms with Gasteiger partial charge in [-0.3, -0.25) is 4.79 Å². The minimum atomic E-state index is -3.90. The average molecular weight is 615 g/mol. The van der Waals surface area contributed by atoms with E-state index in [0.29, 0.717) is 30.3 Å². The van der Waals surface area contributed by atoms with Gasteiger partial charge in [-0.05, 0) is 105 Å². The SMILES string of the molecule is C=CC[C@H](C)[C@@H](C)S(=O)(=O)NC(=O)c1ccc2c(c1)N(C[C@@H]1CC[C@H]1C(O)C=C)CCCCc1cc(Cl)ccc1CO2. The summed E-state index contributed by atoms with van der Waals surface area (Å²) in [7, 11) is -3.90. The molecule has 1 unspecified atom stereocenters. The normalized spacial score (nSPS) is 21.2. The van der Waals surface area contributed by atoms with Crippen molar-refractivity contribution in [2.24, 2.45) is 17.8 Å². The number of allylic oxidation sites excluding steroid dienone is 1. The van der Waals surface area contributed by atoms with Crippen LogP contribution < -0.4 is 14.4 Å². The zero-order valence-electron chi connectivity index (χ0n) is 24.6. The number of nitrogens with one attached hydrogen (secondary N) is 1. The second-order valence-electron chi connectivity index (χ2n) is 11.7. The van der Waals surface area contributed by atoms with Gasteiger partial charge in [-0.1, -0.05) is 36.7 Å². The lowest BCUT2D eigenvalue weighted by Crippen LogP contribution is -2.43.